The lowest BCUT2D eigenvalue weighted by Crippen LogP contribution is -2.24. The van der Waals surface area contributed by atoms with Gasteiger partial charge in [-0.05, 0) is 147 Å². The van der Waals surface area contributed by atoms with Crippen LogP contribution in [-0.2, 0) is 19.3 Å². The van der Waals surface area contributed by atoms with Crippen molar-refractivity contribution in [1.82, 2.24) is 15.0 Å². The minimum atomic E-state index is -2.27. The molecule has 0 N–H and O–H groups in total. The van der Waals surface area contributed by atoms with Gasteiger partial charge in [0.2, 0.25) is 0 Å². The van der Waals surface area contributed by atoms with Gasteiger partial charge in [0.05, 0.1) is 17.1 Å². The third-order valence-electron chi connectivity index (χ3n) is 12.2. The van der Waals surface area contributed by atoms with Gasteiger partial charge in [-0.1, -0.05) is 97.1 Å². The molecule has 2 unspecified atom stereocenters. The number of rotatable bonds is 12. The smallest absolute Gasteiger partial charge is 0.144 e. The molecular weight excluding hydrogens is 695 g/mol. The van der Waals surface area contributed by atoms with Crippen LogP contribution in [0.15, 0.2) is 150 Å². The molecule has 8 aromatic rings. The van der Waals surface area contributed by atoms with E-state index in [2.05, 4.69) is 110 Å². The lowest BCUT2D eigenvalue weighted by atomic mass is 9.70. The molecular formula is C53H51N3O. The molecule has 1 aliphatic rings. The molecule has 0 saturated heterocycles. The normalized spacial score (nSPS) is 18.0. The summed E-state index contributed by atoms with van der Waals surface area (Å²) in [4.78, 5) is 14.5. The fraction of sp³-hybridized carbons (Fsp3) is 0.264. The molecule has 2 atom stereocenters. The number of benzene rings is 4. The molecule has 4 nitrogen and oxygen atoms in total. The lowest BCUT2D eigenvalue weighted by Gasteiger charge is -2.35. The number of aromatic nitrogens is 3. The van der Waals surface area contributed by atoms with Crippen molar-refractivity contribution in [2.75, 3.05) is 0 Å². The Morgan fingerprint density at radius 1 is 0.561 bits per heavy atom. The topological polar surface area (TPSA) is 51.8 Å². The van der Waals surface area contributed by atoms with Crippen molar-refractivity contribution in [3.05, 3.63) is 174 Å². The highest BCUT2D eigenvalue weighted by Crippen LogP contribution is 2.41. The van der Waals surface area contributed by atoms with E-state index in [-0.39, 0.29) is 0 Å². The molecule has 1 saturated carbocycles. The van der Waals surface area contributed by atoms with Crippen LogP contribution in [0, 0.1) is 31.5 Å². The van der Waals surface area contributed by atoms with Crippen molar-refractivity contribution in [3.8, 4) is 33.8 Å². The van der Waals surface area contributed by atoms with Crippen LogP contribution in [0.4, 0.5) is 0 Å². The maximum Gasteiger partial charge on any atom is 0.144 e. The molecule has 4 heterocycles. The number of para-hydroxylation sites is 1. The summed E-state index contributed by atoms with van der Waals surface area (Å²) >= 11 is 0. The van der Waals surface area contributed by atoms with E-state index in [0.717, 1.165) is 106 Å². The second-order valence-electron chi connectivity index (χ2n) is 16.3. The SMILES string of the molecule is [2H]C([2H])([2H])c1cc(-c2cccc3c2oc2cc(C)ccc23)ncc1CCC1CC(CCc2ccc(-c3ccccc3)nc2)CC(CCc2ccc(-c3ccccc3)nc2)C1. The summed E-state index contributed by atoms with van der Waals surface area (Å²) in [7, 11) is 0. The Bertz CT molecular complexity index is 2600. The Morgan fingerprint density at radius 2 is 1.16 bits per heavy atom. The number of pyridine rings is 3. The average molecular weight is 749 g/mol. The molecule has 0 spiro atoms. The van der Waals surface area contributed by atoms with Gasteiger partial charge < -0.3 is 4.42 Å². The van der Waals surface area contributed by atoms with Crippen molar-refractivity contribution in [2.24, 2.45) is 17.8 Å². The number of nitrogens with zero attached hydrogens (tertiary/aromatic N) is 3. The van der Waals surface area contributed by atoms with Gasteiger partial charge in [0.15, 0.2) is 0 Å². The average Bonchev–Trinajstić information content (AvgIpc) is 3.65. The molecule has 0 aliphatic heterocycles. The first-order valence-corrected chi connectivity index (χ1v) is 20.7. The summed E-state index contributed by atoms with van der Waals surface area (Å²) < 4.78 is 32.2. The van der Waals surface area contributed by atoms with Crippen LogP contribution in [0.1, 0.15) is 70.5 Å². The number of fused-ring (bicyclic) bond motifs is 3. The Hall–Kier alpha value is -5.87. The molecule has 0 bridgehead atoms. The van der Waals surface area contributed by atoms with Gasteiger partial charge in [0.25, 0.3) is 0 Å². The van der Waals surface area contributed by atoms with E-state index in [9.17, 15) is 0 Å². The third kappa shape index (κ3) is 8.46. The zero-order valence-electron chi connectivity index (χ0n) is 35.7. The minimum absolute atomic E-state index is 0.387. The van der Waals surface area contributed by atoms with Crippen LogP contribution in [0.25, 0.3) is 55.7 Å². The van der Waals surface area contributed by atoms with Crippen LogP contribution < -0.4 is 0 Å². The molecule has 0 amide bonds. The fourth-order valence-corrected chi connectivity index (χ4v) is 9.15. The van der Waals surface area contributed by atoms with E-state index in [1.54, 1.807) is 6.07 Å². The molecule has 284 valence electrons. The first-order chi connectivity index (χ1) is 29.2. The maximum atomic E-state index is 8.60. The van der Waals surface area contributed by atoms with Crippen LogP contribution in [0.5, 0.6) is 0 Å². The van der Waals surface area contributed by atoms with Gasteiger partial charge in [0, 0.05) is 50.2 Å². The molecule has 1 fully saturated rings. The second kappa shape index (κ2) is 16.7. The van der Waals surface area contributed by atoms with E-state index < -0.39 is 6.85 Å². The van der Waals surface area contributed by atoms with Crippen molar-refractivity contribution in [3.63, 3.8) is 0 Å². The predicted octanol–water partition coefficient (Wildman–Crippen LogP) is 13.6. The fourth-order valence-electron chi connectivity index (χ4n) is 9.15. The Labute approximate surface area is 341 Å². The van der Waals surface area contributed by atoms with Gasteiger partial charge in [0.1, 0.15) is 11.2 Å². The van der Waals surface area contributed by atoms with Crippen LogP contribution >= 0.6 is 0 Å². The largest absolute Gasteiger partial charge is 0.455 e. The van der Waals surface area contributed by atoms with Gasteiger partial charge in [-0.2, -0.15) is 0 Å². The van der Waals surface area contributed by atoms with Gasteiger partial charge >= 0.3 is 0 Å². The monoisotopic (exact) mass is 748 g/mol. The molecule has 4 heteroatoms. The molecule has 0 radical (unpaired) electrons. The predicted molar refractivity (Wildman–Crippen MR) is 235 cm³/mol. The summed E-state index contributed by atoms with van der Waals surface area (Å²) in [6, 6.07) is 43.5. The first-order valence-electron chi connectivity index (χ1n) is 22.2. The highest BCUT2D eigenvalue weighted by atomic mass is 16.3. The molecule has 4 aromatic heterocycles. The Balaban J connectivity index is 0.919. The quantitative estimate of drug-likeness (QED) is 0.125. The molecule has 1 aliphatic carbocycles. The Morgan fingerprint density at radius 3 is 1.74 bits per heavy atom. The zero-order valence-corrected chi connectivity index (χ0v) is 32.7. The van der Waals surface area contributed by atoms with E-state index in [0.29, 0.717) is 35.4 Å². The molecule has 9 rings (SSSR count). The van der Waals surface area contributed by atoms with Crippen LogP contribution in [0.3, 0.4) is 0 Å². The summed E-state index contributed by atoms with van der Waals surface area (Å²) in [5, 5.41) is 2.05. The summed E-state index contributed by atoms with van der Waals surface area (Å²) in [5.41, 5.74) is 12.2. The van der Waals surface area contributed by atoms with E-state index in [4.69, 9.17) is 23.5 Å². The summed E-state index contributed by atoms with van der Waals surface area (Å²) in [6.45, 7) is -0.213. The number of hydrogen-bond donors (Lipinski definition) is 0. The van der Waals surface area contributed by atoms with Gasteiger partial charge in [-0.3, -0.25) is 15.0 Å². The van der Waals surface area contributed by atoms with Crippen molar-refractivity contribution < 1.29 is 8.53 Å². The second-order valence-corrected chi connectivity index (χ2v) is 16.3. The van der Waals surface area contributed by atoms with Crippen LogP contribution in [-0.4, -0.2) is 15.0 Å². The molecule has 4 aromatic carbocycles. The lowest BCUT2D eigenvalue weighted by molar-refractivity contribution is 0.172. The van der Waals surface area contributed by atoms with E-state index >= 15 is 0 Å². The van der Waals surface area contributed by atoms with Gasteiger partial charge in [-0.25, -0.2) is 0 Å². The number of hydrogen-bond acceptors (Lipinski definition) is 4. The summed E-state index contributed by atoms with van der Waals surface area (Å²) in [5.74, 6) is 1.69. The van der Waals surface area contributed by atoms with Crippen LogP contribution in [0.2, 0.25) is 0 Å². The number of aryl methyl sites for hydroxylation is 5. The number of furan rings is 1. The van der Waals surface area contributed by atoms with Crippen molar-refractivity contribution >= 4 is 21.9 Å². The third-order valence-corrected chi connectivity index (χ3v) is 12.2. The highest BCUT2D eigenvalue weighted by molar-refractivity contribution is 6.09. The van der Waals surface area contributed by atoms with Crippen molar-refractivity contribution in [2.45, 2.75) is 71.6 Å². The first kappa shape index (κ1) is 33.3. The van der Waals surface area contributed by atoms with E-state index in [1.807, 2.05) is 36.5 Å². The standard InChI is InChI=1S/C53H51N3O/c1-36-16-25-46-47-14-9-15-48(53(47)57-52(46)28-36)51-29-37(2)45(35-56-51)24-21-42-31-40(19-17-38-22-26-49(54-33-38)43-10-5-3-6-11-43)30-41(32-42)20-18-39-23-27-50(55-34-39)44-12-7-4-8-13-44/h3-16,22-23,25-29,33-35,40-42H,17-21,24,30-32H2,1-2H3/i2D3. The molecule has 57 heavy (non-hydrogen) atoms. The summed E-state index contributed by atoms with van der Waals surface area (Å²) in [6.07, 6.45) is 15.3. The van der Waals surface area contributed by atoms with Gasteiger partial charge in [-0.15, -0.1) is 0 Å². The Kier molecular flexibility index (Phi) is 9.75. The van der Waals surface area contributed by atoms with E-state index in [1.165, 1.54) is 17.5 Å². The highest BCUT2D eigenvalue weighted by Gasteiger charge is 2.29. The minimum Gasteiger partial charge on any atom is -0.455 e. The van der Waals surface area contributed by atoms with Crippen molar-refractivity contribution in [1.29, 1.82) is 0 Å². The maximum absolute atomic E-state index is 8.60. The zero-order chi connectivity index (χ0) is 41.1.